The molecule has 2 aromatic rings. The van der Waals surface area contributed by atoms with Crippen LogP contribution >= 0.6 is 23.2 Å². The number of aromatic nitrogens is 1. The van der Waals surface area contributed by atoms with E-state index in [2.05, 4.69) is 22.7 Å². The molecule has 0 aliphatic heterocycles. The predicted molar refractivity (Wildman–Crippen MR) is 121 cm³/mol. The van der Waals surface area contributed by atoms with Crippen LogP contribution in [0.25, 0.3) is 0 Å². The molecule has 0 unspecified atom stereocenters. The van der Waals surface area contributed by atoms with Crippen LogP contribution in [-0.2, 0) is 11.2 Å². The molecule has 9 heteroatoms. The Balaban J connectivity index is 1.34. The van der Waals surface area contributed by atoms with E-state index in [9.17, 15) is 9.59 Å². The van der Waals surface area contributed by atoms with Gasteiger partial charge in [-0.3, -0.25) is 9.59 Å². The number of carbonyl (C=O) groups excluding carboxylic acids is 2. The first kappa shape index (κ1) is 22.9. The highest BCUT2D eigenvalue weighted by molar-refractivity contribution is 6.42. The topological polar surface area (TPSA) is 93.5 Å². The van der Waals surface area contributed by atoms with E-state index in [4.69, 9.17) is 32.5 Å². The van der Waals surface area contributed by atoms with Crippen LogP contribution in [0.5, 0.6) is 5.75 Å². The number of fused-ring (bicyclic) bond motifs is 3. The lowest BCUT2D eigenvalue weighted by atomic mass is 9.56. The molecular weight excluding hydrogens is 453 g/mol. The second-order valence-corrected chi connectivity index (χ2v) is 9.76. The van der Waals surface area contributed by atoms with Crippen LogP contribution in [-0.4, -0.2) is 34.7 Å². The van der Waals surface area contributed by atoms with E-state index in [1.165, 1.54) is 0 Å². The van der Waals surface area contributed by atoms with Crippen LogP contribution < -0.4 is 15.4 Å². The van der Waals surface area contributed by atoms with Crippen molar-refractivity contribution in [3.8, 4) is 5.75 Å². The zero-order valence-corrected chi connectivity index (χ0v) is 19.7. The van der Waals surface area contributed by atoms with Gasteiger partial charge in [0.1, 0.15) is 5.75 Å². The first-order valence-corrected chi connectivity index (χ1v) is 11.7. The van der Waals surface area contributed by atoms with Gasteiger partial charge in [0.05, 0.1) is 15.7 Å². The second-order valence-electron chi connectivity index (χ2n) is 8.94. The monoisotopic (exact) mass is 479 g/mol. The Morgan fingerprint density at radius 3 is 2.53 bits per heavy atom. The SMILES string of the molecule is CCc1cc(C(=O)NC23CCC(NC(=O)COc4ccc(Cl)c(Cl)c4)(CC2)[C@@H](C)C3)on1. The molecule has 1 aromatic heterocycles. The zero-order chi connectivity index (χ0) is 22.9. The summed E-state index contributed by atoms with van der Waals surface area (Å²) in [6, 6.07) is 6.60. The zero-order valence-electron chi connectivity index (χ0n) is 18.2. The van der Waals surface area contributed by atoms with E-state index in [0.717, 1.165) is 44.2 Å². The fourth-order valence-corrected chi connectivity index (χ4v) is 5.28. The van der Waals surface area contributed by atoms with Gasteiger partial charge in [-0.05, 0) is 56.6 Å². The van der Waals surface area contributed by atoms with Crippen molar-refractivity contribution in [2.24, 2.45) is 5.92 Å². The van der Waals surface area contributed by atoms with Gasteiger partial charge < -0.3 is 19.9 Å². The van der Waals surface area contributed by atoms with Crippen molar-refractivity contribution in [2.45, 2.75) is 63.5 Å². The number of aryl methyl sites for hydroxylation is 1. The fourth-order valence-electron chi connectivity index (χ4n) is 4.99. The molecule has 0 radical (unpaired) electrons. The quantitative estimate of drug-likeness (QED) is 0.606. The summed E-state index contributed by atoms with van der Waals surface area (Å²) in [6.07, 6.45) is 4.70. The van der Waals surface area contributed by atoms with Crippen LogP contribution in [0.1, 0.15) is 62.2 Å². The Kier molecular flexibility index (Phi) is 6.41. The highest BCUT2D eigenvalue weighted by Crippen LogP contribution is 2.50. The Bertz CT molecular complexity index is 1010. The normalized spacial score (nSPS) is 26.6. The number of ether oxygens (including phenoxy) is 1. The maximum absolute atomic E-state index is 12.7. The molecule has 7 nitrogen and oxygen atoms in total. The number of nitrogens with one attached hydrogen (secondary N) is 2. The van der Waals surface area contributed by atoms with Crippen LogP contribution in [0.4, 0.5) is 0 Å². The van der Waals surface area contributed by atoms with E-state index in [1.54, 1.807) is 24.3 Å². The van der Waals surface area contributed by atoms with Gasteiger partial charge in [-0.1, -0.05) is 42.2 Å². The Labute approximate surface area is 197 Å². The molecule has 2 amide bonds. The lowest BCUT2D eigenvalue weighted by Gasteiger charge is -2.57. The Hall–Kier alpha value is -2.25. The van der Waals surface area contributed by atoms with E-state index >= 15 is 0 Å². The number of rotatable bonds is 7. The van der Waals surface area contributed by atoms with Gasteiger partial charge in [0, 0.05) is 23.2 Å². The largest absolute Gasteiger partial charge is 0.484 e. The smallest absolute Gasteiger partial charge is 0.290 e. The average Bonchev–Trinajstić information content (AvgIpc) is 3.25. The molecule has 1 atom stereocenters. The van der Waals surface area contributed by atoms with Crippen molar-refractivity contribution < 1.29 is 18.8 Å². The number of halogens is 2. The standard InChI is InChI=1S/C23H27Cl2N3O4/c1-3-15-10-19(32-28-15)21(30)27-22-6-8-23(9-7-22,14(2)12-22)26-20(29)13-31-16-4-5-17(24)18(25)11-16/h4-5,10-11,14H,3,6-9,12-13H2,1-2H3,(H,26,29)(H,27,30)/t14-,22?,23?/m0/s1. The average molecular weight is 480 g/mol. The minimum Gasteiger partial charge on any atom is -0.484 e. The summed E-state index contributed by atoms with van der Waals surface area (Å²) in [5.41, 5.74) is 0.198. The van der Waals surface area contributed by atoms with Gasteiger partial charge in [-0.2, -0.15) is 0 Å². The lowest BCUT2D eigenvalue weighted by Crippen LogP contribution is -2.67. The van der Waals surface area contributed by atoms with Crippen LogP contribution in [0.3, 0.4) is 0 Å². The molecule has 1 heterocycles. The highest BCUT2D eigenvalue weighted by Gasteiger charge is 2.54. The Morgan fingerprint density at radius 1 is 1.16 bits per heavy atom. The van der Waals surface area contributed by atoms with Crippen LogP contribution in [0.15, 0.2) is 28.8 Å². The van der Waals surface area contributed by atoms with Gasteiger partial charge in [0.25, 0.3) is 11.8 Å². The van der Waals surface area contributed by atoms with Gasteiger partial charge in [-0.25, -0.2) is 0 Å². The van der Waals surface area contributed by atoms with Crippen LogP contribution in [0.2, 0.25) is 10.0 Å². The van der Waals surface area contributed by atoms with E-state index in [1.807, 2.05) is 6.92 Å². The molecule has 3 aliphatic rings. The summed E-state index contributed by atoms with van der Waals surface area (Å²) >= 11 is 11.9. The maximum atomic E-state index is 12.7. The molecule has 2 bridgehead atoms. The fraction of sp³-hybridized carbons (Fsp3) is 0.522. The molecule has 3 aliphatic carbocycles. The van der Waals surface area contributed by atoms with Crippen LogP contribution in [0, 0.1) is 5.92 Å². The number of amides is 2. The minimum atomic E-state index is -0.286. The van der Waals surface area contributed by atoms with Gasteiger partial charge in [0.15, 0.2) is 6.61 Å². The molecule has 172 valence electrons. The minimum absolute atomic E-state index is 0.0977. The maximum Gasteiger partial charge on any atom is 0.290 e. The third kappa shape index (κ3) is 4.59. The highest BCUT2D eigenvalue weighted by atomic mass is 35.5. The number of benzene rings is 1. The Morgan fingerprint density at radius 2 is 1.91 bits per heavy atom. The molecule has 0 spiro atoms. The summed E-state index contributed by atoms with van der Waals surface area (Å²) in [5.74, 6) is 0.555. The molecule has 1 aromatic carbocycles. The number of hydrogen-bond acceptors (Lipinski definition) is 5. The van der Waals surface area contributed by atoms with Crippen molar-refractivity contribution in [3.05, 3.63) is 45.8 Å². The van der Waals surface area contributed by atoms with Crippen molar-refractivity contribution >= 4 is 35.0 Å². The number of carbonyl (C=O) groups is 2. The molecule has 32 heavy (non-hydrogen) atoms. The number of hydrogen-bond donors (Lipinski definition) is 2. The molecule has 2 N–H and O–H groups in total. The third-order valence-corrected chi connectivity index (χ3v) is 7.65. The number of nitrogens with zero attached hydrogens (tertiary/aromatic N) is 1. The molecule has 3 fully saturated rings. The summed E-state index contributed by atoms with van der Waals surface area (Å²) in [6.45, 7) is 3.99. The molecule has 3 saturated carbocycles. The third-order valence-electron chi connectivity index (χ3n) is 6.91. The second kappa shape index (κ2) is 8.94. The van der Waals surface area contributed by atoms with Gasteiger partial charge >= 0.3 is 0 Å². The lowest BCUT2D eigenvalue weighted by molar-refractivity contribution is -0.128. The van der Waals surface area contributed by atoms with E-state index in [-0.39, 0.29) is 41.2 Å². The molecule has 5 rings (SSSR count). The van der Waals surface area contributed by atoms with Gasteiger partial charge in [-0.15, -0.1) is 0 Å². The van der Waals surface area contributed by atoms with Crippen molar-refractivity contribution in [1.29, 1.82) is 0 Å². The summed E-state index contributed by atoms with van der Waals surface area (Å²) in [4.78, 5) is 25.4. The summed E-state index contributed by atoms with van der Waals surface area (Å²) < 4.78 is 10.8. The van der Waals surface area contributed by atoms with Crippen molar-refractivity contribution in [2.75, 3.05) is 6.61 Å². The van der Waals surface area contributed by atoms with E-state index in [0.29, 0.717) is 15.8 Å². The van der Waals surface area contributed by atoms with Gasteiger partial charge in [0.2, 0.25) is 5.76 Å². The van der Waals surface area contributed by atoms with Crippen molar-refractivity contribution in [3.63, 3.8) is 0 Å². The molecular formula is C23H27Cl2N3O4. The molecule has 0 saturated heterocycles. The first-order valence-electron chi connectivity index (χ1n) is 10.9. The summed E-state index contributed by atoms with van der Waals surface area (Å²) in [5, 5.41) is 11.1. The van der Waals surface area contributed by atoms with E-state index < -0.39 is 0 Å². The van der Waals surface area contributed by atoms with Crippen molar-refractivity contribution in [1.82, 2.24) is 15.8 Å². The predicted octanol–water partition coefficient (Wildman–Crippen LogP) is 4.56. The first-order chi connectivity index (χ1) is 15.2. The summed E-state index contributed by atoms with van der Waals surface area (Å²) in [7, 11) is 0.